The molecule has 0 atom stereocenters. The van der Waals surface area contributed by atoms with E-state index < -0.39 is 28.2 Å². The molecule has 0 saturated heterocycles. The van der Waals surface area contributed by atoms with Crippen LogP contribution < -0.4 is 14.4 Å². The fourth-order valence-corrected chi connectivity index (χ4v) is 4.49. The highest BCUT2D eigenvalue weighted by molar-refractivity contribution is 7.22. The number of amides is 1. The lowest BCUT2D eigenvalue weighted by Gasteiger charge is -2.25. The van der Waals surface area contributed by atoms with Gasteiger partial charge in [-0.3, -0.25) is 19.8 Å². The van der Waals surface area contributed by atoms with Gasteiger partial charge in [0.1, 0.15) is 16.9 Å². The number of halogens is 2. The van der Waals surface area contributed by atoms with Gasteiger partial charge < -0.3 is 14.4 Å². The highest BCUT2D eigenvalue weighted by Gasteiger charge is 2.30. The van der Waals surface area contributed by atoms with Crippen LogP contribution in [0, 0.1) is 21.7 Å². The van der Waals surface area contributed by atoms with E-state index >= 15 is 0 Å². The topological polar surface area (TPSA) is 98.0 Å². The number of hydrogen-bond acceptors (Lipinski definition) is 8. The number of hydrogen-bond donors (Lipinski definition) is 0. The number of carbonyl (C=O) groups is 1. The van der Waals surface area contributed by atoms with E-state index in [2.05, 4.69) is 9.88 Å². The maximum absolute atomic E-state index is 14.3. The zero-order chi connectivity index (χ0) is 25.0. The molecule has 0 aliphatic heterocycles. The summed E-state index contributed by atoms with van der Waals surface area (Å²) in [5.41, 5.74) is -0.800. The molecule has 9 nitrogen and oxygen atoms in total. The summed E-state index contributed by atoms with van der Waals surface area (Å²) in [6.07, 6.45) is 0. The van der Waals surface area contributed by atoms with Crippen molar-refractivity contribution in [2.45, 2.75) is 13.8 Å². The lowest BCUT2D eigenvalue weighted by Crippen LogP contribution is -2.39. The van der Waals surface area contributed by atoms with E-state index in [1.54, 1.807) is 0 Å². The van der Waals surface area contributed by atoms with Gasteiger partial charge in [-0.1, -0.05) is 25.2 Å². The number of nitro groups is 1. The lowest BCUT2D eigenvalue weighted by molar-refractivity contribution is -0.385. The largest absolute Gasteiger partial charge is 0.493 e. The highest BCUT2D eigenvalue weighted by Crippen LogP contribution is 2.37. The van der Waals surface area contributed by atoms with Gasteiger partial charge >= 0.3 is 0 Å². The highest BCUT2D eigenvalue weighted by atomic mass is 32.1. The van der Waals surface area contributed by atoms with E-state index in [0.717, 1.165) is 23.5 Å². The van der Waals surface area contributed by atoms with Crippen LogP contribution in [0.15, 0.2) is 24.3 Å². The first-order valence-corrected chi connectivity index (χ1v) is 11.3. The standard InChI is InChI=1S/C22H24F2N4O5S/c1-5-26(6-2)7-8-27(22-25-20-15(24)9-13(23)10-19(20)34-22)21(29)14-11-17(32-3)18(33-4)12-16(14)28(30)31/h9-12H,5-8H2,1-4H3. The predicted molar refractivity (Wildman–Crippen MR) is 125 cm³/mol. The molecule has 3 rings (SSSR count). The van der Waals surface area contributed by atoms with Gasteiger partial charge in [0.05, 0.1) is 29.9 Å². The Labute approximate surface area is 198 Å². The van der Waals surface area contributed by atoms with Crippen LogP contribution in [0.2, 0.25) is 0 Å². The molecule has 182 valence electrons. The Morgan fingerprint density at radius 3 is 2.32 bits per heavy atom. The minimum Gasteiger partial charge on any atom is -0.493 e. The minimum absolute atomic E-state index is 0.0798. The Morgan fingerprint density at radius 1 is 1.09 bits per heavy atom. The number of benzene rings is 2. The number of rotatable bonds is 10. The Bertz CT molecular complexity index is 1220. The summed E-state index contributed by atoms with van der Waals surface area (Å²) in [4.78, 5) is 32.2. The number of likely N-dealkylation sites (N-methyl/N-ethyl adjacent to an activating group) is 1. The minimum atomic E-state index is -0.856. The van der Waals surface area contributed by atoms with Crippen molar-refractivity contribution >= 4 is 38.3 Å². The van der Waals surface area contributed by atoms with Gasteiger partial charge in [0, 0.05) is 25.2 Å². The molecule has 34 heavy (non-hydrogen) atoms. The Morgan fingerprint density at radius 2 is 1.74 bits per heavy atom. The summed E-state index contributed by atoms with van der Waals surface area (Å²) in [7, 11) is 2.68. The lowest BCUT2D eigenvalue weighted by atomic mass is 10.1. The number of ether oxygens (including phenoxy) is 2. The smallest absolute Gasteiger partial charge is 0.286 e. The number of carbonyl (C=O) groups excluding carboxylic acids is 1. The molecule has 0 fully saturated rings. The summed E-state index contributed by atoms with van der Waals surface area (Å²) >= 11 is 0.925. The second-order valence-corrected chi connectivity index (χ2v) is 8.21. The SMILES string of the molecule is CCN(CC)CCN(C(=O)c1cc(OC)c(OC)cc1[N+](=O)[O-])c1nc2c(F)cc(F)cc2s1. The van der Waals surface area contributed by atoms with Crippen LogP contribution in [0.5, 0.6) is 11.5 Å². The third-order valence-electron chi connectivity index (χ3n) is 5.34. The van der Waals surface area contributed by atoms with Crippen molar-refractivity contribution in [1.29, 1.82) is 0 Å². The normalized spacial score (nSPS) is 11.1. The number of aromatic nitrogens is 1. The molecular formula is C22H24F2N4O5S. The van der Waals surface area contributed by atoms with Crippen molar-refractivity contribution in [1.82, 2.24) is 9.88 Å². The predicted octanol–water partition coefficient (Wildman–Crippen LogP) is 4.49. The van der Waals surface area contributed by atoms with Crippen molar-refractivity contribution in [3.05, 3.63) is 51.6 Å². The van der Waals surface area contributed by atoms with E-state index in [4.69, 9.17) is 9.47 Å². The molecule has 0 aliphatic carbocycles. The average molecular weight is 495 g/mol. The van der Waals surface area contributed by atoms with Crippen molar-refractivity contribution < 1.29 is 28.0 Å². The van der Waals surface area contributed by atoms with Crippen LogP contribution in [-0.4, -0.2) is 61.1 Å². The zero-order valence-electron chi connectivity index (χ0n) is 19.1. The van der Waals surface area contributed by atoms with Gasteiger partial charge in [-0.25, -0.2) is 13.8 Å². The van der Waals surface area contributed by atoms with E-state index in [-0.39, 0.29) is 39.0 Å². The van der Waals surface area contributed by atoms with Crippen LogP contribution in [0.1, 0.15) is 24.2 Å². The average Bonchev–Trinajstić information content (AvgIpc) is 3.24. The van der Waals surface area contributed by atoms with E-state index in [1.807, 2.05) is 13.8 Å². The first kappa shape index (κ1) is 25.2. The molecular weight excluding hydrogens is 470 g/mol. The van der Waals surface area contributed by atoms with Gasteiger partial charge in [0.15, 0.2) is 22.4 Å². The van der Waals surface area contributed by atoms with Crippen LogP contribution in [0.25, 0.3) is 10.2 Å². The summed E-state index contributed by atoms with van der Waals surface area (Å²) in [5.74, 6) is -2.11. The van der Waals surface area contributed by atoms with Crippen molar-refractivity contribution in [3.8, 4) is 11.5 Å². The third kappa shape index (κ3) is 5.07. The zero-order valence-corrected chi connectivity index (χ0v) is 19.9. The monoisotopic (exact) mass is 494 g/mol. The van der Waals surface area contributed by atoms with Gasteiger partial charge in [0.2, 0.25) is 0 Å². The third-order valence-corrected chi connectivity index (χ3v) is 6.37. The molecule has 1 amide bonds. The molecule has 12 heteroatoms. The summed E-state index contributed by atoms with van der Waals surface area (Å²) < 4.78 is 38.6. The Kier molecular flexibility index (Phi) is 7.94. The second-order valence-electron chi connectivity index (χ2n) is 7.20. The Balaban J connectivity index is 2.14. The molecule has 0 spiro atoms. The summed E-state index contributed by atoms with van der Waals surface area (Å²) in [5, 5.41) is 11.9. The molecule has 2 aromatic carbocycles. The van der Waals surface area contributed by atoms with Crippen molar-refractivity contribution in [2.75, 3.05) is 45.3 Å². The maximum Gasteiger partial charge on any atom is 0.286 e. The quantitative estimate of drug-likeness (QED) is 0.303. The van der Waals surface area contributed by atoms with Crippen LogP contribution in [-0.2, 0) is 0 Å². The van der Waals surface area contributed by atoms with Crippen LogP contribution in [0.4, 0.5) is 19.6 Å². The van der Waals surface area contributed by atoms with Crippen molar-refractivity contribution in [3.63, 3.8) is 0 Å². The van der Waals surface area contributed by atoms with Gasteiger partial charge in [0.25, 0.3) is 11.6 Å². The van der Waals surface area contributed by atoms with Crippen LogP contribution >= 0.6 is 11.3 Å². The number of anilines is 1. The second kappa shape index (κ2) is 10.7. The molecule has 0 saturated carbocycles. The number of fused-ring (bicyclic) bond motifs is 1. The first-order chi connectivity index (χ1) is 16.2. The number of nitro benzene ring substituents is 1. The molecule has 3 aromatic rings. The van der Waals surface area contributed by atoms with Crippen molar-refractivity contribution in [2.24, 2.45) is 0 Å². The maximum atomic E-state index is 14.3. The first-order valence-electron chi connectivity index (χ1n) is 10.4. The number of nitrogens with zero attached hydrogens (tertiary/aromatic N) is 4. The molecule has 1 heterocycles. The number of methoxy groups -OCH3 is 2. The summed E-state index contributed by atoms with van der Waals surface area (Å²) in [6.45, 7) is 5.92. The van der Waals surface area contributed by atoms with Gasteiger partial charge in [-0.05, 0) is 19.2 Å². The molecule has 0 aliphatic rings. The van der Waals surface area contributed by atoms with E-state index in [1.165, 1.54) is 25.2 Å². The molecule has 0 N–H and O–H groups in total. The molecule has 0 unspecified atom stereocenters. The van der Waals surface area contributed by atoms with Gasteiger partial charge in [-0.15, -0.1) is 0 Å². The Hall–Kier alpha value is -3.38. The van der Waals surface area contributed by atoms with E-state index in [9.17, 15) is 23.7 Å². The fraction of sp³-hybridized carbons (Fsp3) is 0.364. The van der Waals surface area contributed by atoms with E-state index in [0.29, 0.717) is 25.7 Å². The number of thiazole rings is 1. The molecule has 0 bridgehead atoms. The molecule has 1 aromatic heterocycles. The van der Waals surface area contributed by atoms with Crippen LogP contribution in [0.3, 0.4) is 0 Å². The summed E-state index contributed by atoms with van der Waals surface area (Å²) in [6, 6.07) is 4.19. The molecule has 0 radical (unpaired) electrons. The van der Waals surface area contributed by atoms with Gasteiger partial charge in [-0.2, -0.15) is 0 Å². The fourth-order valence-electron chi connectivity index (χ4n) is 3.46.